The maximum Gasteiger partial charge on any atom is 0.243 e. The Morgan fingerprint density at radius 2 is 1.72 bits per heavy atom. The van der Waals surface area contributed by atoms with Gasteiger partial charge < -0.3 is 0 Å². The Balaban J connectivity index is 1.30. The average molecular weight is 457 g/mol. The zero-order valence-corrected chi connectivity index (χ0v) is 19.0. The number of rotatable bonds is 5. The summed E-state index contributed by atoms with van der Waals surface area (Å²) in [7, 11) is -3.60. The second-order valence-electron chi connectivity index (χ2n) is 8.57. The van der Waals surface area contributed by atoms with E-state index in [-0.39, 0.29) is 4.90 Å². The van der Waals surface area contributed by atoms with E-state index in [1.54, 1.807) is 0 Å². The zero-order valence-electron chi connectivity index (χ0n) is 18.2. The minimum Gasteiger partial charge on any atom is -0.299 e. The van der Waals surface area contributed by atoms with Gasteiger partial charge in [0.2, 0.25) is 10.0 Å². The number of nitriles is 1. The lowest BCUT2D eigenvalue weighted by Crippen LogP contribution is -2.46. The van der Waals surface area contributed by atoms with E-state index in [9.17, 15) is 12.8 Å². The van der Waals surface area contributed by atoms with Gasteiger partial charge in [-0.3, -0.25) is 9.80 Å². The molecule has 0 amide bonds. The first-order valence-electron chi connectivity index (χ1n) is 11.2. The quantitative estimate of drug-likeness (QED) is 0.692. The van der Waals surface area contributed by atoms with Crippen molar-refractivity contribution in [3.05, 3.63) is 65.5 Å². The largest absolute Gasteiger partial charge is 0.299 e. The van der Waals surface area contributed by atoms with Crippen molar-refractivity contribution in [1.82, 2.24) is 14.1 Å². The fourth-order valence-electron chi connectivity index (χ4n) is 4.71. The van der Waals surface area contributed by atoms with E-state index in [4.69, 9.17) is 5.26 Å². The monoisotopic (exact) mass is 456 g/mol. The van der Waals surface area contributed by atoms with Gasteiger partial charge in [0.05, 0.1) is 16.5 Å². The molecule has 2 saturated heterocycles. The molecule has 0 bridgehead atoms. The molecule has 0 saturated carbocycles. The van der Waals surface area contributed by atoms with Crippen LogP contribution in [0.3, 0.4) is 0 Å². The number of hydrogen-bond donors (Lipinski definition) is 0. The molecule has 0 unspecified atom stereocenters. The van der Waals surface area contributed by atoms with Gasteiger partial charge in [-0.25, -0.2) is 12.8 Å². The fourth-order valence-corrected chi connectivity index (χ4v) is 6.18. The van der Waals surface area contributed by atoms with Crippen LogP contribution in [0.4, 0.5) is 4.39 Å². The summed E-state index contributed by atoms with van der Waals surface area (Å²) in [4.78, 5) is 5.02. The summed E-state index contributed by atoms with van der Waals surface area (Å²) < 4.78 is 40.6. The Morgan fingerprint density at radius 3 is 2.44 bits per heavy atom. The first kappa shape index (κ1) is 22.9. The summed E-state index contributed by atoms with van der Waals surface area (Å²) in [6.07, 6.45) is 2.91. The number of halogens is 1. The summed E-state index contributed by atoms with van der Waals surface area (Å²) >= 11 is 0. The molecule has 0 aromatic heterocycles. The van der Waals surface area contributed by atoms with Crippen molar-refractivity contribution in [3.8, 4) is 6.07 Å². The maximum absolute atomic E-state index is 13.2. The van der Waals surface area contributed by atoms with Crippen LogP contribution < -0.4 is 0 Å². The highest BCUT2D eigenvalue weighted by Gasteiger charge is 2.30. The lowest BCUT2D eigenvalue weighted by atomic mass is 10.0. The predicted molar refractivity (Wildman–Crippen MR) is 121 cm³/mol. The molecule has 0 aliphatic carbocycles. The Bertz CT molecular complexity index is 1060. The minimum absolute atomic E-state index is 0.154. The van der Waals surface area contributed by atoms with Crippen LogP contribution in [-0.4, -0.2) is 67.8 Å². The third-order valence-corrected chi connectivity index (χ3v) is 8.39. The van der Waals surface area contributed by atoms with Crippen molar-refractivity contribution in [3.63, 3.8) is 0 Å². The van der Waals surface area contributed by atoms with Crippen molar-refractivity contribution < 1.29 is 12.8 Å². The van der Waals surface area contributed by atoms with Crippen LogP contribution in [0, 0.1) is 17.1 Å². The number of piperidine rings is 1. The molecule has 2 aliphatic heterocycles. The van der Waals surface area contributed by atoms with Gasteiger partial charge in [0, 0.05) is 32.2 Å². The maximum atomic E-state index is 13.2. The average Bonchev–Trinajstić information content (AvgIpc) is 3.07. The van der Waals surface area contributed by atoms with E-state index in [2.05, 4.69) is 21.9 Å². The topological polar surface area (TPSA) is 67.7 Å². The fraction of sp³-hybridized carbons (Fsp3) is 0.458. The van der Waals surface area contributed by atoms with Crippen molar-refractivity contribution in [2.45, 2.75) is 36.7 Å². The normalized spacial score (nSPS) is 20.0. The molecule has 2 aliphatic rings. The lowest BCUT2D eigenvalue weighted by Gasteiger charge is -2.38. The van der Waals surface area contributed by atoms with Crippen molar-refractivity contribution in [2.75, 3.05) is 39.3 Å². The van der Waals surface area contributed by atoms with Gasteiger partial charge in [0.25, 0.3) is 0 Å². The van der Waals surface area contributed by atoms with E-state index in [0.29, 0.717) is 24.7 Å². The van der Waals surface area contributed by atoms with Crippen LogP contribution >= 0.6 is 0 Å². The summed E-state index contributed by atoms with van der Waals surface area (Å²) in [6.45, 7) is 5.40. The van der Waals surface area contributed by atoms with Crippen LogP contribution in [0.5, 0.6) is 0 Å². The van der Waals surface area contributed by atoms with E-state index < -0.39 is 15.8 Å². The number of hydrogen-bond acceptors (Lipinski definition) is 5. The summed E-state index contributed by atoms with van der Waals surface area (Å²) in [5.74, 6) is -0.435. The summed E-state index contributed by atoms with van der Waals surface area (Å²) in [6, 6.07) is 15.5. The smallest absolute Gasteiger partial charge is 0.243 e. The number of likely N-dealkylation sites (tertiary alicyclic amines) is 1. The van der Waals surface area contributed by atoms with E-state index in [1.165, 1.54) is 34.1 Å². The molecule has 2 aromatic carbocycles. The SMILES string of the molecule is N#Cc1cccc(CN2CCC(N3CCCN(S(=O)(=O)c4ccc(F)cc4)CC3)CC2)c1. The molecule has 8 heteroatoms. The van der Waals surface area contributed by atoms with Crippen LogP contribution in [0.15, 0.2) is 53.4 Å². The molecule has 6 nitrogen and oxygen atoms in total. The van der Waals surface area contributed by atoms with Crippen LogP contribution in [0.2, 0.25) is 0 Å². The van der Waals surface area contributed by atoms with Crippen molar-refractivity contribution >= 4 is 10.0 Å². The van der Waals surface area contributed by atoms with Crippen molar-refractivity contribution in [2.24, 2.45) is 0 Å². The highest BCUT2D eigenvalue weighted by atomic mass is 32.2. The van der Waals surface area contributed by atoms with Gasteiger partial charge in [-0.1, -0.05) is 12.1 Å². The van der Waals surface area contributed by atoms with Gasteiger partial charge in [-0.15, -0.1) is 0 Å². The first-order valence-corrected chi connectivity index (χ1v) is 12.6. The first-order chi connectivity index (χ1) is 15.5. The van der Waals surface area contributed by atoms with E-state index >= 15 is 0 Å². The minimum atomic E-state index is -3.60. The number of nitrogens with zero attached hydrogens (tertiary/aromatic N) is 4. The summed E-state index contributed by atoms with van der Waals surface area (Å²) in [5, 5.41) is 9.09. The second-order valence-corrected chi connectivity index (χ2v) is 10.5. The van der Waals surface area contributed by atoms with Gasteiger partial charge in [-0.05, 0) is 80.9 Å². The zero-order chi connectivity index (χ0) is 22.6. The molecule has 2 heterocycles. The Hall–Kier alpha value is -2.31. The second kappa shape index (κ2) is 10.1. The molecule has 0 spiro atoms. The van der Waals surface area contributed by atoms with Gasteiger partial charge >= 0.3 is 0 Å². The van der Waals surface area contributed by atoms with Crippen molar-refractivity contribution in [1.29, 1.82) is 5.26 Å². The number of benzene rings is 2. The molecule has 2 aromatic rings. The third kappa shape index (κ3) is 5.36. The lowest BCUT2D eigenvalue weighted by molar-refractivity contribution is 0.108. The molecule has 0 atom stereocenters. The van der Waals surface area contributed by atoms with Gasteiger partial charge in [0.1, 0.15) is 5.82 Å². The van der Waals surface area contributed by atoms with E-state index in [1.807, 2.05) is 18.2 Å². The standard InChI is InChI=1S/C24H29FN4O2S/c25-22-5-7-24(8-6-22)32(30,31)29-12-2-11-28(15-16-29)23-9-13-27(14-10-23)19-21-4-1-3-20(17-21)18-26/h1,3-8,17,23H,2,9-16,19H2. The Kier molecular flexibility index (Phi) is 7.21. The van der Waals surface area contributed by atoms with Gasteiger partial charge in [0.15, 0.2) is 0 Å². The Labute approximate surface area is 189 Å². The molecular formula is C24H29FN4O2S. The molecule has 170 valence electrons. The molecule has 0 N–H and O–H groups in total. The predicted octanol–water partition coefficient (Wildman–Crippen LogP) is 3.06. The highest BCUT2D eigenvalue weighted by molar-refractivity contribution is 7.89. The van der Waals surface area contributed by atoms with E-state index in [0.717, 1.165) is 52.0 Å². The molecule has 32 heavy (non-hydrogen) atoms. The van der Waals surface area contributed by atoms with Gasteiger partial charge in [-0.2, -0.15) is 9.57 Å². The summed E-state index contributed by atoms with van der Waals surface area (Å²) in [5.41, 5.74) is 1.86. The molecular weight excluding hydrogens is 427 g/mol. The number of sulfonamides is 1. The third-order valence-electron chi connectivity index (χ3n) is 6.48. The van der Waals surface area contributed by atoms with Crippen LogP contribution in [0.1, 0.15) is 30.4 Å². The molecule has 4 rings (SSSR count). The van der Waals surface area contributed by atoms with Crippen LogP contribution in [-0.2, 0) is 16.6 Å². The molecule has 2 fully saturated rings. The molecule has 0 radical (unpaired) electrons. The Morgan fingerprint density at radius 1 is 0.969 bits per heavy atom. The van der Waals surface area contributed by atoms with Crippen LogP contribution in [0.25, 0.3) is 0 Å². The highest BCUT2D eigenvalue weighted by Crippen LogP contribution is 2.23.